The maximum Gasteiger partial charge on any atom is 0.0722 e. The zero-order chi connectivity index (χ0) is 28.6. The molecule has 4 saturated carbocycles. The van der Waals surface area contributed by atoms with Crippen molar-refractivity contribution in [1.82, 2.24) is 4.98 Å². The normalized spacial score (nSPS) is 37.4. The Morgan fingerprint density at radius 2 is 1.73 bits per heavy atom. The first-order valence-electron chi connectivity index (χ1n) is 17.5. The molecule has 0 spiro atoms. The average Bonchev–Trinajstić information content (AvgIpc) is 3.32. The number of nitrogens with one attached hydrogen (secondary N) is 1. The van der Waals surface area contributed by atoms with Crippen LogP contribution < -0.4 is 5.32 Å². The first-order valence-corrected chi connectivity index (χ1v) is 17.5. The summed E-state index contributed by atoms with van der Waals surface area (Å²) in [6.07, 6.45) is 19.5. The van der Waals surface area contributed by atoms with Crippen molar-refractivity contribution in [3.8, 4) is 0 Å². The number of nitrogens with zero attached hydrogens (tertiary/aromatic N) is 1. The Kier molecular flexibility index (Phi) is 8.75. The van der Waals surface area contributed by atoms with Crippen LogP contribution in [0.4, 0.5) is 5.69 Å². The molecule has 1 aromatic heterocycles. The number of rotatable bonds is 10. The highest BCUT2D eigenvalue weighted by molar-refractivity contribution is 5.91. The maximum absolute atomic E-state index is 6.54. The molecule has 4 aliphatic carbocycles. The predicted molar refractivity (Wildman–Crippen MR) is 173 cm³/mol. The summed E-state index contributed by atoms with van der Waals surface area (Å²) < 4.78 is 6.54. The van der Waals surface area contributed by atoms with Gasteiger partial charge in [-0.25, -0.2) is 0 Å². The summed E-state index contributed by atoms with van der Waals surface area (Å²) in [4.78, 5) is 4.49. The minimum atomic E-state index is 0.442. The number of fused-ring (bicyclic) bond motifs is 6. The Balaban J connectivity index is 1.02. The van der Waals surface area contributed by atoms with E-state index in [9.17, 15) is 0 Å². The summed E-state index contributed by atoms with van der Waals surface area (Å²) in [6.45, 7) is 14.5. The van der Waals surface area contributed by atoms with Crippen molar-refractivity contribution >= 4 is 16.6 Å². The van der Waals surface area contributed by atoms with Crippen LogP contribution in [0.1, 0.15) is 112 Å². The molecule has 3 heteroatoms. The number of aromatic nitrogens is 1. The van der Waals surface area contributed by atoms with Gasteiger partial charge in [0.2, 0.25) is 0 Å². The fraction of sp³-hybridized carbons (Fsp3) is 0.763. The van der Waals surface area contributed by atoms with Crippen LogP contribution in [0.3, 0.4) is 0 Å². The van der Waals surface area contributed by atoms with Crippen LogP contribution in [0.5, 0.6) is 0 Å². The highest BCUT2D eigenvalue weighted by atomic mass is 16.5. The average molecular weight is 559 g/mol. The summed E-state index contributed by atoms with van der Waals surface area (Å²) in [6, 6.07) is 10.5. The van der Waals surface area contributed by atoms with Crippen molar-refractivity contribution < 1.29 is 4.74 Å². The lowest BCUT2D eigenvalue weighted by Gasteiger charge is -2.61. The first-order chi connectivity index (χ1) is 19.8. The second-order valence-electron chi connectivity index (χ2n) is 15.8. The van der Waals surface area contributed by atoms with Crippen molar-refractivity contribution in [2.75, 3.05) is 18.5 Å². The molecular weight excluding hydrogens is 500 g/mol. The largest absolute Gasteiger partial charge is 0.382 e. The maximum atomic E-state index is 6.54. The van der Waals surface area contributed by atoms with E-state index in [1.54, 1.807) is 0 Å². The number of benzene rings is 1. The number of hydrogen-bond acceptors (Lipinski definition) is 3. The molecule has 6 rings (SSSR count). The molecule has 1 heterocycles. The summed E-state index contributed by atoms with van der Waals surface area (Å²) in [5.74, 6) is 6.51. The second-order valence-corrected chi connectivity index (χ2v) is 15.8. The Labute approximate surface area is 251 Å². The third-order valence-corrected chi connectivity index (χ3v) is 13.2. The van der Waals surface area contributed by atoms with Gasteiger partial charge in [0.25, 0.3) is 0 Å². The first kappa shape index (κ1) is 29.5. The number of pyridine rings is 1. The summed E-state index contributed by atoms with van der Waals surface area (Å²) in [5.41, 5.74) is 3.36. The molecule has 4 fully saturated rings. The van der Waals surface area contributed by atoms with Gasteiger partial charge in [0.05, 0.1) is 18.2 Å². The minimum Gasteiger partial charge on any atom is -0.382 e. The van der Waals surface area contributed by atoms with Crippen molar-refractivity contribution in [3.63, 3.8) is 0 Å². The molecular formula is C38H58N2O. The fourth-order valence-corrected chi connectivity index (χ4v) is 11.1. The molecule has 0 bridgehead atoms. The highest BCUT2D eigenvalue weighted by Gasteiger charge is 2.60. The molecule has 1 aromatic carbocycles. The quantitative estimate of drug-likeness (QED) is 0.295. The third kappa shape index (κ3) is 5.71. The lowest BCUT2D eigenvalue weighted by Crippen LogP contribution is -2.54. The standard InChI is InChI=1S/C38H58N2O/c1-26(2)9-6-10-27(3)32-16-17-33-30-15-14-28-25-29(18-20-37(28,4)34(30)19-21-38(32,33)5)41-24-23-40-36-13-7-12-35-31(36)11-8-22-39-35/h7-8,11-13,22,26-30,32-34,40H,6,9-10,14-21,23-25H2,1-5H3/t27-,28?,29+,30?,32-,33?,34?,37+,38-/m1/s1. The Morgan fingerprint density at radius 1 is 0.902 bits per heavy atom. The van der Waals surface area contributed by atoms with Crippen LogP contribution in [0.25, 0.3) is 10.9 Å². The van der Waals surface area contributed by atoms with Gasteiger partial charge in [-0.2, -0.15) is 0 Å². The smallest absolute Gasteiger partial charge is 0.0722 e. The summed E-state index contributed by atoms with van der Waals surface area (Å²) >= 11 is 0. The van der Waals surface area contributed by atoms with Crippen molar-refractivity contribution in [2.24, 2.45) is 52.3 Å². The van der Waals surface area contributed by atoms with Crippen LogP contribution in [-0.4, -0.2) is 24.2 Å². The molecule has 0 saturated heterocycles. The van der Waals surface area contributed by atoms with Crippen LogP contribution in [0.15, 0.2) is 36.5 Å². The van der Waals surface area contributed by atoms with Crippen LogP contribution >= 0.6 is 0 Å². The fourth-order valence-electron chi connectivity index (χ4n) is 11.1. The Hall–Kier alpha value is -1.61. The van der Waals surface area contributed by atoms with Gasteiger partial charge in [-0.3, -0.25) is 4.98 Å². The van der Waals surface area contributed by atoms with E-state index in [0.717, 1.165) is 65.8 Å². The lowest BCUT2D eigenvalue weighted by atomic mass is 9.44. The van der Waals surface area contributed by atoms with E-state index >= 15 is 0 Å². The summed E-state index contributed by atoms with van der Waals surface area (Å²) in [7, 11) is 0. The zero-order valence-electron chi connectivity index (χ0n) is 26.8. The molecule has 4 unspecified atom stereocenters. The third-order valence-electron chi connectivity index (χ3n) is 13.2. The minimum absolute atomic E-state index is 0.442. The molecule has 1 N–H and O–H groups in total. The molecule has 226 valence electrons. The van der Waals surface area contributed by atoms with Crippen molar-refractivity contribution in [1.29, 1.82) is 0 Å². The van der Waals surface area contributed by atoms with Crippen LogP contribution in [0, 0.1) is 52.3 Å². The van der Waals surface area contributed by atoms with E-state index in [2.05, 4.69) is 69.2 Å². The van der Waals surface area contributed by atoms with Gasteiger partial charge < -0.3 is 10.1 Å². The Morgan fingerprint density at radius 3 is 2.59 bits per heavy atom. The van der Waals surface area contributed by atoms with Crippen LogP contribution in [0.2, 0.25) is 0 Å². The molecule has 3 nitrogen and oxygen atoms in total. The second kappa shape index (κ2) is 12.2. The zero-order valence-corrected chi connectivity index (χ0v) is 26.8. The van der Waals surface area contributed by atoms with E-state index in [1.807, 2.05) is 12.3 Å². The molecule has 0 amide bonds. The van der Waals surface area contributed by atoms with E-state index < -0.39 is 0 Å². The van der Waals surface area contributed by atoms with E-state index in [1.165, 1.54) is 82.4 Å². The Bertz CT molecular complexity index is 1160. The van der Waals surface area contributed by atoms with Gasteiger partial charge in [-0.1, -0.05) is 59.9 Å². The monoisotopic (exact) mass is 558 g/mol. The molecule has 9 atom stereocenters. The highest BCUT2D eigenvalue weighted by Crippen LogP contribution is 2.68. The molecule has 2 aromatic rings. The SMILES string of the molecule is CC(C)CCC[C@@H](C)[C@H]1CCC2C3CCC4C[C@@H](OCCNc5cccc6ncccc56)CC[C@]4(C)C3CC[C@@]21C. The lowest BCUT2D eigenvalue weighted by molar-refractivity contribution is -0.136. The van der Waals surface area contributed by atoms with Gasteiger partial charge in [0.1, 0.15) is 0 Å². The van der Waals surface area contributed by atoms with E-state index in [-0.39, 0.29) is 0 Å². The van der Waals surface area contributed by atoms with Crippen molar-refractivity contribution in [2.45, 2.75) is 118 Å². The van der Waals surface area contributed by atoms with E-state index in [0.29, 0.717) is 16.9 Å². The molecule has 0 radical (unpaired) electrons. The van der Waals surface area contributed by atoms with Gasteiger partial charge in [0.15, 0.2) is 0 Å². The summed E-state index contributed by atoms with van der Waals surface area (Å²) in [5, 5.41) is 4.81. The molecule has 0 aliphatic heterocycles. The van der Waals surface area contributed by atoms with Crippen LogP contribution in [-0.2, 0) is 4.74 Å². The van der Waals surface area contributed by atoms with Gasteiger partial charge in [-0.15, -0.1) is 0 Å². The number of anilines is 1. The van der Waals surface area contributed by atoms with Crippen molar-refractivity contribution in [3.05, 3.63) is 36.5 Å². The van der Waals surface area contributed by atoms with Gasteiger partial charge in [0, 0.05) is 23.8 Å². The predicted octanol–water partition coefficient (Wildman–Crippen LogP) is 10.2. The number of ether oxygens (including phenoxy) is 1. The van der Waals surface area contributed by atoms with Gasteiger partial charge >= 0.3 is 0 Å². The van der Waals surface area contributed by atoms with Gasteiger partial charge in [-0.05, 0) is 134 Å². The van der Waals surface area contributed by atoms with E-state index in [4.69, 9.17) is 4.74 Å². The molecule has 41 heavy (non-hydrogen) atoms. The number of hydrogen-bond donors (Lipinski definition) is 1. The molecule has 4 aliphatic rings. The topological polar surface area (TPSA) is 34.1 Å².